The molecule has 1 aromatic rings. The van der Waals surface area contributed by atoms with Crippen LogP contribution in [0.2, 0.25) is 0 Å². The third kappa shape index (κ3) is 4.31. The van der Waals surface area contributed by atoms with Gasteiger partial charge >= 0.3 is 0 Å². The number of nitrogens with one attached hydrogen (secondary N) is 1. The summed E-state index contributed by atoms with van der Waals surface area (Å²) < 4.78 is 5.84. The fourth-order valence-electron chi connectivity index (χ4n) is 2.02. The predicted molar refractivity (Wildman–Crippen MR) is 74.3 cm³/mol. The SMILES string of the molecule is C=C(C)CN(CC)Cc1ccc(CNC2CC2)o1. The molecule has 1 aliphatic rings. The van der Waals surface area contributed by atoms with E-state index >= 15 is 0 Å². The molecule has 0 atom stereocenters. The molecule has 0 radical (unpaired) electrons. The second-order valence-electron chi connectivity index (χ2n) is 5.28. The summed E-state index contributed by atoms with van der Waals surface area (Å²) in [6.07, 6.45) is 2.63. The van der Waals surface area contributed by atoms with E-state index in [1.807, 2.05) is 0 Å². The number of nitrogens with zero attached hydrogens (tertiary/aromatic N) is 1. The highest BCUT2D eigenvalue weighted by molar-refractivity contribution is 5.08. The van der Waals surface area contributed by atoms with Gasteiger partial charge in [0.05, 0.1) is 13.1 Å². The standard InChI is InChI=1S/C15H24N2O/c1-4-17(10-12(2)3)11-15-8-7-14(18-15)9-16-13-5-6-13/h7-8,13,16H,2,4-6,9-11H2,1,3H3. The lowest BCUT2D eigenvalue weighted by molar-refractivity contribution is 0.271. The molecule has 0 saturated heterocycles. The van der Waals surface area contributed by atoms with Crippen LogP contribution in [0.4, 0.5) is 0 Å². The van der Waals surface area contributed by atoms with Gasteiger partial charge in [-0.15, -0.1) is 0 Å². The van der Waals surface area contributed by atoms with Gasteiger partial charge in [0, 0.05) is 12.6 Å². The maximum absolute atomic E-state index is 5.84. The Hall–Kier alpha value is -1.06. The first-order chi connectivity index (χ1) is 8.67. The van der Waals surface area contributed by atoms with Crippen LogP contribution < -0.4 is 5.32 Å². The molecule has 0 bridgehead atoms. The Morgan fingerprint density at radius 2 is 2.17 bits per heavy atom. The first kappa shape index (κ1) is 13.4. The van der Waals surface area contributed by atoms with Crippen molar-refractivity contribution in [1.82, 2.24) is 10.2 Å². The van der Waals surface area contributed by atoms with Crippen LogP contribution in [-0.2, 0) is 13.1 Å². The van der Waals surface area contributed by atoms with Gasteiger partial charge in [0.25, 0.3) is 0 Å². The number of rotatable bonds is 8. The second kappa shape index (κ2) is 6.21. The van der Waals surface area contributed by atoms with E-state index in [0.29, 0.717) is 0 Å². The van der Waals surface area contributed by atoms with E-state index in [4.69, 9.17) is 4.42 Å². The average molecular weight is 248 g/mol. The van der Waals surface area contributed by atoms with E-state index in [1.165, 1.54) is 18.4 Å². The smallest absolute Gasteiger partial charge is 0.118 e. The van der Waals surface area contributed by atoms with Crippen LogP contribution in [0.3, 0.4) is 0 Å². The van der Waals surface area contributed by atoms with Crippen molar-refractivity contribution in [2.24, 2.45) is 0 Å². The Kier molecular flexibility index (Phi) is 4.61. The van der Waals surface area contributed by atoms with Gasteiger partial charge < -0.3 is 9.73 Å². The minimum absolute atomic E-state index is 0.731. The van der Waals surface area contributed by atoms with Crippen molar-refractivity contribution in [3.63, 3.8) is 0 Å². The average Bonchev–Trinajstić information content (AvgIpc) is 3.06. The summed E-state index contributed by atoms with van der Waals surface area (Å²) in [6, 6.07) is 4.90. The molecule has 1 aromatic heterocycles. The van der Waals surface area contributed by atoms with Gasteiger partial charge in [0.1, 0.15) is 11.5 Å². The van der Waals surface area contributed by atoms with Gasteiger partial charge in [-0.3, -0.25) is 4.90 Å². The highest BCUT2D eigenvalue weighted by Crippen LogP contribution is 2.20. The number of likely N-dealkylation sites (N-methyl/N-ethyl adjacent to an activating group) is 1. The topological polar surface area (TPSA) is 28.4 Å². The molecule has 1 N–H and O–H groups in total. The zero-order chi connectivity index (χ0) is 13.0. The van der Waals surface area contributed by atoms with Crippen molar-refractivity contribution >= 4 is 0 Å². The summed E-state index contributed by atoms with van der Waals surface area (Å²) in [5.74, 6) is 2.09. The maximum Gasteiger partial charge on any atom is 0.118 e. The zero-order valence-corrected chi connectivity index (χ0v) is 11.5. The quantitative estimate of drug-likeness (QED) is 0.717. The van der Waals surface area contributed by atoms with Crippen LogP contribution in [0.5, 0.6) is 0 Å². The second-order valence-corrected chi connectivity index (χ2v) is 5.28. The predicted octanol–water partition coefficient (Wildman–Crippen LogP) is 2.93. The summed E-state index contributed by atoms with van der Waals surface area (Å²) in [4.78, 5) is 2.33. The summed E-state index contributed by atoms with van der Waals surface area (Å²) in [5.41, 5.74) is 1.19. The van der Waals surface area contributed by atoms with Crippen LogP contribution >= 0.6 is 0 Å². The van der Waals surface area contributed by atoms with Crippen molar-refractivity contribution in [3.05, 3.63) is 35.8 Å². The Morgan fingerprint density at radius 1 is 1.44 bits per heavy atom. The molecule has 18 heavy (non-hydrogen) atoms. The van der Waals surface area contributed by atoms with E-state index in [0.717, 1.165) is 43.7 Å². The van der Waals surface area contributed by atoms with E-state index in [-0.39, 0.29) is 0 Å². The molecule has 3 nitrogen and oxygen atoms in total. The molecule has 3 heteroatoms. The molecule has 1 heterocycles. The lowest BCUT2D eigenvalue weighted by Gasteiger charge is -2.18. The van der Waals surface area contributed by atoms with Gasteiger partial charge in [-0.25, -0.2) is 0 Å². The molecular weight excluding hydrogens is 224 g/mol. The minimum Gasteiger partial charge on any atom is -0.463 e. The molecule has 1 fully saturated rings. The molecule has 0 aromatic carbocycles. The van der Waals surface area contributed by atoms with Crippen LogP contribution in [0.25, 0.3) is 0 Å². The highest BCUT2D eigenvalue weighted by Gasteiger charge is 2.20. The van der Waals surface area contributed by atoms with Gasteiger partial charge in [-0.1, -0.05) is 19.1 Å². The van der Waals surface area contributed by atoms with Crippen molar-refractivity contribution in [2.75, 3.05) is 13.1 Å². The number of hydrogen-bond acceptors (Lipinski definition) is 3. The molecule has 0 aliphatic heterocycles. The maximum atomic E-state index is 5.84. The minimum atomic E-state index is 0.731. The summed E-state index contributed by atoms with van der Waals surface area (Å²) in [6.45, 7) is 11.9. The molecule has 0 unspecified atom stereocenters. The fourth-order valence-corrected chi connectivity index (χ4v) is 2.02. The lowest BCUT2D eigenvalue weighted by atomic mass is 10.3. The number of furan rings is 1. The van der Waals surface area contributed by atoms with E-state index < -0.39 is 0 Å². The zero-order valence-electron chi connectivity index (χ0n) is 11.5. The normalized spacial score (nSPS) is 15.3. The van der Waals surface area contributed by atoms with Crippen LogP contribution in [0.15, 0.2) is 28.7 Å². The third-order valence-corrected chi connectivity index (χ3v) is 3.18. The Labute approximate surface area is 110 Å². The third-order valence-electron chi connectivity index (χ3n) is 3.18. The van der Waals surface area contributed by atoms with E-state index in [9.17, 15) is 0 Å². The van der Waals surface area contributed by atoms with Crippen molar-refractivity contribution in [3.8, 4) is 0 Å². The first-order valence-corrected chi connectivity index (χ1v) is 6.85. The molecule has 0 amide bonds. The Morgan fingerprint density at radius 3 is 2.78 bits per heavy atom. The molecule has 100 valence electrons. The van der Waals surface area contributed by atoms with E-state index in [2.05, 4.69) is 42.8 Å². The first-order valence-electron chi connectivity index (χ1n) is 6.85. The molecule has 0 spiro atoms. The molecule has 2 rings (SSSR count). The largest absolute Gasteiger partial charge is 0.463 e. The van der Waals surface area contributed by atoms with Gasteiger partial charge in [-0.05, 0) is 38.4 Å². The summed E-state index contributed by atoms with van der Waals surface area (Å²) in [7, 11) is 0. The fraction of sp³-hybridized carbons (Fsp3) is 0.600. The van der Waals surface area contributed by atoms with Gasteiger partial charge in [0.2, 0.25) is 0 Å². The van der Waals surface area contributed by atoms with Crippen molar-refractivity contribution in [1.29, 1.82) is 0 Å². The van der Waals surface area contributed by atoms with E-state index in [1.54, 1.807) is 0 Å². The van der Waals surface area contributed by atoms with Crippen LogP contribution in [0, 0.1) is 0 Å². The Bertz CT molecular complexity index is 393. The van der Waals surface area contributed by atoms with Gasteiger partial charge in [0.15, 0.2) is 0 Å². The summed E-state index contributed by atoms with van der Waals surface area (Å²) in [5, 5.41) is 3.46. The van der Waals surface area contributed by atoms with Gasteiger partial charge in [-0.2, -0.15) is 0 Å². The monoisotopic (exact) mass is 248 g/mol. The Balaban J connectivity index is 1.81. The van der Waals surface area contributed by atoms with Crippen molar-refractivity contribution < 1.29 is 4.42 Å². The molecular formula is C15H24N2O. The highest BCUT2D eigenvalue weighted by atomic mass is 16.3. The van der Waals surface area contributed by atoms with Crippen LogP contribution in [-0.4, -0.2) is 24.0 Å². The number of hydrogen-bond donors (Lipinski definition) is 1. The molecule has 1 aliphatic carbocycles. The molecule has 1 saturated carbocycles. The van der Waals surface area contributed by atoms with Crippen molar-refractivity contribution in [2.45, 2.75) is 45.8 Å². The summed E-state index contributed by atoms with van der Waals surface area (Å²) >= 11 is 0. The van der Waals surface area contributed by atoms with Crippen LogP contribution in [0.1, 0.15) is 38.2 Å². The lowest BCUT2D eigenvalue weighted by Crippen LogP contribution is -2.24.